The SMILES string of the molecule is N#CCCCCNS(=O)(=O)c1cccc(C(F)(F)F)c1. The highest BCUT2D eigenvalue weighted by Gasteiger charge is 2.31. The average molecular weight is 306 g/mol. The van der Waals surface area contributed by atoms with Crippen LogP contribution in [-0.2, 0) is 16.2 Å². The Morgan fingerprint density at radius 2 is 1.95 bits per heavy atom. The van der Waals surface area contributed by atoms with Crippen molar-refractivity contribution in [2.24, 2.45) is 0 Å². The van der Waals surface area contributed by atoms with Crippen LogP contribution in [0.2, 0.25) is 0 Å². The van der Waals surface area contributed by atoms with Gasteiger partial charge in [0, 0.05) is 13.0 Å². The number of hydrogen-bond acceptors (Lipinski definition) is 3. The van der Waals surface area contributed by atoms with Crippen LogP contribution in [-0.4, -0.2) is 15.0 Å². The Morgan fingerprint density at radius 3 is 2.55 bits per heavy atom. The maximum absolute atomic E-state index is 12.5. The number of nitriles is 1. The molecule has 0 saturated carbocycles. The summed E-state index contributed by atoms with van der Waals surface area (Å²) < 4.78 is 63.3. The van der Waals surface area contributed by atoms with E-state index in [0.29, 0.717) is 25.3 Å². The summed E-state index contributed by atoms with van der Waals surface area (Å²) in [7, 11) is -3.96. The summed E-state index contributed by atoms with van der Waals surface area (Å²) in [6.45, 7) is 0.0836. The summed E-state index contributed by atoms with van der Waals surface area (Å²) in [4.78, 5) is -0.424. The van der Waals surface area contributed by atoms with E-state index in [9.17, 15) is 21.6 Å². The number of nitrogens with zero attached hydrogens (tertiary/aromatic N) is 1. The summed E-state index contributed by atoms with van der Waals surface area (Å²) in [5, 5.41) is 8.32. The van der Waals surface area contributed by atoms with Crippen molar-refractivity contribution in [1.82, 2.24) is 4.72 Å². The molecule has 0 bridgehead atoms. The quantitative estimate of drug-likeness (QED) is 0.821. The van der Waals surface area contributed by atoms with Gasteiger partial charge < -0.3 is 0 Å². The van der Waals surface area contributed by atoms with Crippen LogP contribution in [0, 0.1) is 11.3 Å². The molecule has 1 aromatic carbocycles. The first-order valence-electron chi connectivity index (χ1n) is 5.81. The summed E-state index contributed by atoms with van der Waals surface area (Å²) in [5.41, 5.74) is -1.01. The van der Waals surface area contributed by atoms with Crippen molar-refractivity contribution in [2.45, 2.75) is 30.3 Å². The van der Waals surface area contributed by atoms with Crippen LogP contribution in [0.3, 0.4) is 0 Å². The van der Waals surface area contributed by atoms with Gasteiger partial charge in [0.2, 0.25) is 10.0 Å². The maximum atomic E-state index is 12.5. The van der Waals surface area contributed by atoms with E-state index in [1.54, 1.807) is 0 Å². The predicted octanol–water partition coefficient (Wildman–Crippen LogP) is 2.68. The van der Waals surface area contributed by atoms with Crippen molar-refractivity contribution in [3.05, 3.63) is 29.8 Å². The zero-order valence-corrected chi connectivity index (χ0v) is 11.3. The van der Waals surface area contributed by atoms with Gasteiger partial charge in [0.25, 0.3) is 0 Å². The minimum Gasteiger partial charge on any atom is -0.211 e. The first-order valence-corrected chi connectivity index (χ1v) is 7.29. The fourth-order valence-corrected chi connectivity index (χ4v) is 2.58. The van der Waals surface area contributed by atoms with Crippen molar-refractivity contribution >= 4 is 10.0 Å². The van der Waals surface area contributed by atoms with Crippen molar-refractivity contribution in [3.63, 3.8) is 0 Å². The minimum absolute atomic E-state index is 0.0836. The van der Waals surface area contributed by atoms with Crippen molar-refractivity contribution < 1.29 is 21.6 Å². The standard InChI is InChI=1S/C12H13F3N2O2S/c13-12(14,15)10-5-4-6-11(9-10)20(18,19)17-8-3-1-2-7-16/h4-6,9,17H,1-3,8H2. The number of unbranched alkanes of at least 4 members (excludes halogenated alkanes) is 2. The fraction of sp³-hybridized carbons (Fsp3) is 0.417. The molecule has 0 amide bonds. The van der Waals surface area contributed by atoms with Gasteiger partial charge in [-0.1, -0.05) is 6.07 Å². The first-order chi connectivity index (χ1) is 9.27. The van der Waals surface area contributed by atoms with Gasteiger partial charge in [-0.2, -0.15) is 18.4 Å². The fourth-order valence-electron chi connectivity index (χ4n) is 1.46. The van der Waals surface area contributed by atoms with Gasteiger partial charge in [-0.05, 0) is 31.0 Å². The molecule has 8 heteroatoms. The zero-order valence-electron chi connectivity index (χ0n) is 10.4. The third kappa shape index (κ3) is 4.83. The van der Waals surface area contributed by atoms with Gasteiger partial charge in [0.1, 0.15) is 0 Å². The van der Waals surface area contributed by atoms with Crippen molar-refractivity contribution in [3.8, 4) is 6.07 Å². The molecular weight excluding hydrogens is 293 g/mol. The van der Waals surface area contributed by atoms with E-state index in [1.165, 1.54) is 0 Å². The number of hydrogen-bond donors (Lipinski definition) is 1. The molecule has 0 fully saturated rings. The normalized spacial score (nSPS) is 12.1. The van der Waals surface area contributed by atoms with Gasteiger partial charge in [-0.15, -0.1) is 0 Å². The number of benzene rings is 1. The molecule has 0 radical (unpaired) electrons. The molecule has 1 N–H and O–H groups in total. The van der Waals surface area contributed by atoms with Crippen LogP contribution >= 0.6 is 0 Å². The molecule has 0 saturated heterocycles. The van der Waals surface area contributed by atoms with Gasteiger partial charge in [0.05, 0.1) is 16.5 Å². The Morgan fingerprint density at radius 1 is 1.25 bits per heavy atom. The second-order valence-electron chi connectivity index (χ2n) is 4.04. The highest BCUT2D eigenvalue weighted by atomic mass is 32.2. The van der Waals surface area contributed by atoms with Gasteiger partial charge >= 0.3 is 6.18 Å². The third-order valence-corrected chi connectivity index (χ3v) is 3.94. The van der Waals surface area contributed by atoms with E-state index < -0.39 is 26.7 Å². The summed E-state index contributed by atoms with van der Waals surface area (Å²) in [5.74, 6) is 0. The van der Waals surface area contributed by atoms with E-state index in [4.69, 9.17) is 5.26 Å². The highest BCUT2D eigenvalue weighted by molar-refractivity contribution is 7.89. The minimum atomic E-state index is -4.58. The third-order valence-electron chi connectivity index (χ3n) is 2.48. The number of nitrogens with one attached hydrogen (secondary N) is 1. The first kappa shape index (κ1) is 16.5. The molecule has 0 heterocycles. The molecule has 0 unspecified atom stereocenters. The van der Waals surface area contributed by atoms with E-state index in [0.717, 1.165) is 18.2 Å². The van der Waals surface area contributed by atoms with Crippen LogP contribution in [0.1, 0.15) is 24.8 Å². The molecule has 0 atom stereocenters. The van der Waals surface area contributed by atoms with E-state index in [1.807, 2.05) is 6.07 Å². The van der Waals surface area contributed by atoms with E-state index in [2.05, 4.69) is 4.72 Å². The zero-order chi connectivity index (χ0) is 15.2. The number of sulfonamides is 1. The van der Waals surface area contributed by atoms with Crippen LogP contribution in [0.4, 0.5) is 13.2 Å². The molecule has 0 aliphatic heterocycles. The second kappa shape index (κ2) is 6.72. The maximum Gasteiger partial charge on any atom is 0.416 e. The summed E-state index contributed by atoms with van der Waals surface area (Å²) in [6.07, 6.45) is -3.29. The van der Waals surface area contributed by atoms with E-state index in [-0.39, 0.29) is 6.54 Å². The smallest absolute Gasteiger partial charge is 0.211 e. The predicted molar refractivity (Wildman–Crippen MR) is 66.1 cm³/mol. The number of rotatable bonds is 6. The van der Waals surface area contributed by atoms with Gasteiger partial charge in [0.15, 0.2) is 0 Å². The molecule has 0 spiro atoms. The Hall–Kier alpha value is -1.59. The molecule has 4 nitrogen and oxygen atoms in total. The lowest BCUT2D eigenvalue weighted by Gasteiger charge is -2.10. The van der Waals surface area contributed by atoms with Crippen LogP contribution in [0.5, 0.6) is 0 Å². The van der Waals surface area contributed by atoms with Crippen molar-refractivity contribution in [2.75, 3.05) is 6.54 Å². The molecule has 0 aliphatic carbocycles. The van der Waals surface area contributed by atoms with Crippen LogP contribution in [0.25, 0.3) is 0 Å². The molecule has 0 aliphatic rings. The largest absolute Gasteiger partial charge is 0.416 e. The molecule has 1 aromatic rings. The lowest BCUT2D eigenvalue weighted by atomic mass is 10.2. The molecule has 1 rings (SSSR count). The average Bonchev–Trinajstić information content (AvgIpc) is 2.37. The van der Waals surface area contributed by atoms with E-state index >= 15 is 0 Å². The summed E-state index contributed by atoms with van der Waals surface area (Å²) >= 11 is 0. The van der Waals surface area contributed by atoms with Crippen LogP contribution < -0.4 is 4.72 Å². The Labute approximate surface area is 115 Å². The summed E-state index contributed by atoms with van der Waals surface area (Å²) in [6, 6.07) is 5.48. The second-order valence-corrected chi connectivity index (χ2v) is 5.81. The number of alkyl halides is 3. The molecular formula is C12H13F3N2O2S. The lowest BCUT2D eigenvalue weighted by molar-refractivity contribution is -0.137. The Balaban J connectivity index is 2.76. The van der Waals surface area contributed by atoms with Crippen molar-refractivity contribution in [1.29, 1.82) is 5.26 Å². The molecule has 0 aromatic heterocycles. The van der Waals surface area contributed by atoms with Gasteiger partial charge in [-0.25, -0.2) is 13.1 Å². The highest BCUT2D eigenvalue weighted by Crippen LogP contribution is 2.30. The molecule has 110 valence electrons. The lowest BCUT2D eigenvalue weighted by Crippen LogP contribution is -2.25. The monoisotopic (exact) mass is 306 g/mol. The topological polar surface area (TPSA) is 70.0 Å². The Kier molecular flexibility index (Phi) is 5.53. The van der Waals surface area contributed by atoms with Gasteiger partial charge in [-0.3, -0.25) is 0 Å². The molecule has 20 heavy (non-hydrogen) atoms. The van der Waals surface area contributed by atoms with Crippen LogP contribution in [0.15, 0.2) is 29.2 Å². The Bertz CT molecular complexity index is 591. The number of halogens is 3.